The van der Waals surface area contributed by atoms with Crippen molar-refractivity contribution in [3.05, 3.63) is 71.1 Å². The van der Waals surface area contributed by atoms with E-state index in [4.69, 9.17) is 14.0 Å². The number of fused-ring (bicyclic) bond motifs is 1. The third-order valence-corrected chi connectivity index (χ3v) is 5.36. The Morgan fingerprint density at radius 2 is 2.00 bits per heavy atom. The van der Waals surface area contributed by atoms with Crippen LogP contribution in [0.5, 0.6) is 11.5 Å². The minimum Gasteiger partial charge on any atom is -0.486 e. The molecule has 3 aromatic rings. The van der Waals surface area contributed by atoms with Gasteiger partial charge in [-0.1, -0.05) is 29.4 Å². The zero-order valence-corrected chi connectivity index (χ0v) is 16.3. The first-order valence-electron chi connectivity index (χ1n) is 9.00. The van der Waals surface area contributed by atoms with Gasteiger partial charge in [0.25, 0.3) is 5.91 Å². The van der Waals surface area contributed by atoms with E-state index in [0.717, 1.165) is 27.7 Å². The number of ether oxygens (including phenoxy) is 2. The van der Waals surface area contributed by atoms with Crippen molar-refractivity contribution >= 4 is 17.7 Å². The molecule has 2 aromatic carbocycles. The second-order valence-corrected chi connectivity index (χ2v) is 7.36. The third kappa shape index (κ3) is 4.14. The van der Waals surface area contributed by atoms with Crippen LogP contribution in [-0.4, -0.2) is 24.3 Å². The van der Waals surface area contributed by atoms with Crippen molar-refractivity contribution in [2.45, 2.75) is 24.1 Å². The molecule has 28 heavy (non-hydrogen) atoms. The standard InChI is InChI=1S/C21H20N2O4S/c1-14-11-16(27-23-14)13-28-19-8-3-2-6-17(19)21(24)22-12-15-5-4-7-18-20(15)26-10-9-25-18/h2-8,11H,9-10,12-13H2,1H3,(H,22,24). The van der Waals surface area contributed by atoms with Gasteiger partial charge in [-0.25, -0.2) is 0 Å². The lowest BCUT2D eigenvalue weighted by atomic mass is 10.1. The number of para-hydroxylation sites is 1. The van der Waals surface area contributed by atoms with E-state index in [1.54, 1.807) is 11.8 Å². The SMILES string of the molecule is Cc1cc(CSc2ccccc2C(=O)NCc2cccc3c2OCCO3)on1. The number of carbonyl (C=O) groups excluding carboxylic acids is 1. The Bertz CT molecular complexity index is 986. The van der Waals surface area contributed by atoms with Crippen molar-refractivity contribution in [2.24, 2.45) is 0 Å². The maximum atomic E-state index is 12.8. The molecule has 1 aliphatic heterocycles. The van der Waals surface area contributed by atoms with E-state index >= 15 is 0 Å². The summed E-state index contributed by atoms with van der Waals surface area (Å²) < 4.78 is 16.6. The largest absolute Gasteiger partial charge is 0.486 e. The van der Waals surface area contributed by atoms with Gasteiger partial charge in [0, 0.05) is 23.1 Å². The number of benzene rings is 2. The topological polar surface area (TPSA) is 73.6 Å². The van der Waals surface area contributed by atoms with Gasteiger partial charge < -0.3 is 19.3 Å². The average Bonchev–Trinajstić information content (AvgIpc) is 3.16. The van der Waals surface area contributed by atoms with Gasteiger partial charge in [-0.3, -0.25) is 4.79 Å². The van der Waals surface area contributed by atoms with E-state index < -0.39 is 0 Å². The lowest BCUT2D eigenvalue weighted by Crippen LogP contribution is -2.24. The predicted octanol–water partition coefficient (Wildman–Crippen LogP) is 3.98. The quantitative estimate of drug-likeness (QED) is 0.636. The van der Waals surface area contributed by atoms with E-state index in [1.165, 1.54) is 0 Å². The van der Waals surface area contributed by atoms with Crippen molar-refractivity contribution < 1.29 is 18.8 Å². The monoisotopic (exact) mass is 396 g/mol. The Morgan fingerprint density at radius 3 is 2.86 bits per heavy atom. The highest BCUT2D eigenvalue weighted by atomic mass is 32.2. The summed E-state index contributed by atoms with van der Waals surface area (Å²) in [5.41, 5.74) is 2.37. The molecule has 0 saturated heterocycles. The zero-order chi connectivity index (χ0) is 19.3. The molecule has 7 heteroatoms. The molecule has 1 amide bonds. The zero-order valence-electron chi connectivity index (χ0n) is 15.4. The summed E-state index contributed by atoms with van der Waals surface area (Å²) in [4.78, 5) is 13.7. The number of amides is 1. The second kappa shape index (κ2) is 8.39. The average molecular weight is 396 g/mol. The van der Waals surface area contributed by atoms with E-state index in [2.05, 4.69) is 10.5 Å². The molecule has 0 radical (unpaired) electrons. The first-order chi connectivity index (χ1) is 13.7. The van der Waals surface area contributed by atoms with E-state index in [0.29, 0.717) is 36.8 Å². The van der Waals surface area contributed by atoms with Gasteiger partial charge in [0.1, 0.15) is 19.0 Å². The number of rotatable bonds is 6. The first-order valence-corrected chi connectivity index (χ1v) is 9.99. The van der Waals surface area contributed by atoms with Crippen LogP contribution in [0, 0.1) is 6.92 Å². The Hall–Kier alpha value is -2.93. The number of nitrogens with one attached hydrogen (secondary N) is 1. The molecule has 1 aromatic heterocycles. The lowest BCUT2D eigenvalue weighted by Gasteiger charge is -2.21. The van der Waals surface area contributed by atoms with Crippen LogP contribution in [0.1, 0.15) is 27.4 Å². The second-order valence-electron chi connectivity index (χ2n) is 6.34. The molecule has 0 atom stereocenters. The van der Waals surface area contributed by atoms with Crippen molar-refractivity contribution in [3.8, 4) is 11.5 Å². The number of aromatic nitrogens is 1. The fraction of sp³-hybridized carbons (Fsp3) is 0.238. The fourth-order valence-electron chi connectivity index (χ4n) is 2.96. The third-order valence-electron chi connectivity index (χ3n) is 4.27. The smallest absolute Gasteiger partial charge is 0.252 e. The molecule has 0 saturated carbocycles. The normalized spacial score (nSPS) is 12.6. The van der Waals surface area contributed by atoms with Gasteiger partial charge in [0.2, 0.25) is 0 Å². The molecular formula is C21H20N2O4S. The van der Waals surface area contributed by atoms with Crippen LogP contribution in [-0.2, 0) is 12.3 Å². The molecule has 144 valence electrons. The molecule has 0 unspecified atom stereocenters. The van der Waals surface area contributed by atoms with Gasteiger partial charge >= 0.3 is 0 Å². The van der Waals surface area contributed by atoms with E-state index in [9.17, 15) is 4.79 Å². The van der Waals surface area contributed by atoms with Gasteiger partial charge in [0.15, 0.2) is 11.5 Å². The number of aryl methyl sites for hydroxylation is 1. The summed E-state index contributed by atoms with van der Waals surface area (Å²) in [6, 6.07) is 15.1. The van der Waals surface area contributed by atoms with Gasteiger partial charge in [-0.2, -0.15) is 0 Å². The maximum Gasteiger partial charge on any atom is 0.252 e. The molecular weight excluding hydrogens is 376 g/mol. The Morgan fingerprint density at radius 1 is 1.14 bits per heavy atom. The van der Waals surface area contributed by atoms with Crippen LogP contribution in [0.15, 0.2) is 57.9 Å². The van der Waals surface area contributed by atoms with E-state index in [1.807, 2.05) is 55.5 Å². The molecule has 6 nitrogen and oxygen atoms in total. The number of nitrogens with zero attached hydrogens (tertiary/aromatic N) is 1. The van der Waals surface area contributed by atoms with Crippen LogP contribution in [0.3, 0.4) is 0 Å². The number of thioether (sulfide) groups is 1. The van der Waals surface area contributed by atoms with Crippen molar-refractivity contribution in [3.63, 3.8) is 0 Å². The molecule has 1 aliphatic rings. The summed E-state index contributed by atoms with van der Waals surface area (Å²) in [5, 5.41) is 6.88. The summed E-state index contributed by atoms with van der Waals surface area (Å²) in [7, 11) is 0. The Kier molecular flexibility index (Phi) is 5.53. The number of carbonyl (C=O) groups is 1. The highest BCUT2D eigenvalue weighted by molar-refractivity contribution is 7.98. The summed E-state index contributed by atoms with van der Waals surface area (Å²) in [6.07, 6.45) is 0. The van der Waals surface area contributed by atoms with Crippen molar-refractivity contribution in [1.82, 2.24) is 10.5 Å². The predicted molar refractivity (Wildman–Crippen MR) is 106 cm³/mol. The Labute approximate surface area is 167 Å². The van der Waals surface area contributed by atoms with Crippen LogP contribution in [0.25, 0.3) is 0 Å². The summed E-state index contributed by atoms with van der Waals surface area (Å²) in [6.45, 7) is 3.30. The molecule has 2 heterocycles. The Balaban J connectivity index is 1.44. The maximum absolute atomic E-state index is 12.8. The van der Waals surface area contributed by atoms with Gasteiger partial charge in [-0.15, -0.1) is 11.8 Å². The number of hydrogen-bond acceptors (Lipinski definition) is 6. The lowest BCUT2D eigenvalue weighted by molar-refractivity contribution is 0.0947. The van der Waals surface area contributed by atoms with Crippen molar-refractivity contribution in [2.75, 3.05) is 13.2 Å². The fourth-order valence-corrected chi connectivity index (χ4v) is 3.88. The van der Waals surface area contributed by atoms with Gasteiger partial charge in [0.05, 0.1) is 17.0 Å². The summed E-state index contributed by atoms with van der Waals surface area (Å²) >= 11 is 1.55. The number of hydrogen-bond donors (Lipinski definition) is 1. The first kappa shape index (κ1) is 18.4. The van der Waals surface area contributed by atoms with Crippen LogP contribution < -0.4 is 14.8 Å². The molecule has 0 bridgehead atoms. The minimum atomic E-state index is -0.133. The summed E-state index contributed by atoms with van der Waals surface area (Å²) in [5.74, 6) is 2.69. The highest BCUT2D eigenvalue weighted by Crippen LogP contribution is 2.33. The van der Waals surface area contributed by atoms with Crippen molar-refractivity contribution in [1.29, 1.82) is 0 Å². The van der Waals surface area contributed by atoms with Crippen LogP contribution >= 0.6 is 11.8 Å². The molecule has 4 rings (SSSR count). The molecule has 0 fully saturated rings. The minimum absolute atomic E-state index is 0.133. The van der Waals surface area contributed by atoms with Crippen LogP contribution in [0.4, 0.5) is 0 Å². The van der Waals surface area contributed by atoms with Crippen LogP contribution in [0.2, 0.25) is 0 Å². The van der Waals surface area contributed by atoms with E-state index in [-0.39, 0.29) is 5.91 Å². The highest BCUT2D eigenvalue weighted by Gasteiger charge is 2.17. The van der Waals surface area contributed by atoms with Gasteiger partial charge in [-0.05, 0) is 25.1 Å². The molecule has 1 N–H and O–H groups in total. The molecule has 0 aliphatic carbocycles. The molecule has 0 spiro atoms.